The van der Waals surface area contributed by atoms with Crippen LogP contribution in [0.15, 0.2) is 35.9 Å². The molecule has 1 aliphatic carbocycles. The smallest absolute Gasteiger partial charge is 0.205 e. The van der Waals surface area contributed by atoms with Crippen molar-refractivity contribution in [2.45, 2.75) is 67.2 Å². The van der Waals surface area contributed by atoms with Gasteiger partial charge in [-0.3, -0.25) is 4.79 Å². The maximum atomic E-state index is 14.0. The highest BCUT2D eigenvalue weighted by atomic mass is 28.3. The van der Waals surface area contributed by atoms with E-state index in [9.17, 15) is 9.18 Å². The number of hydrogen-bond donors (Lipinski definition) is 0. The van der Waals surface area contributed by atoms with Gasteiger partial charge in [0.25, 0.3) is 0 Å². The molecule has 0 amide bonds. The number of aryl methyl sites for hydroxylation is 1. The lowest BCUT2D eigenvalue weighted by molar-refractivity contribution is -0.104. The van der Waals surface area contributed by atoms with Crippen molar-refractivity contribution >= 4 is 20.9 Å². The molecule has 1 aromatic rings. The fourth-order valence-corrected chi connectivity index (χ4v) is 5.01. The average Bonchev–Trinajstić information content (AvgIpc) is 2.55. The van der Waals surface area contributed by atoms with Gasteiger partial charge in [-0.2, -0.15) is 0 Å². The molecule has 2 rings (SSSR count). The van der Waals surface area contributed by atoms with Crippen molar-refractivity contribution < 1.29 is 13.6 Å². The van der Waals surface area contributed by atoms with Gasteiger partial charge in [0.1, 0.15) is 12.1 Å². The molecule has 28 heavy (non-hydrogen) atoms. The molecule has 1 aliphatic rings. The minimum atomic E-state index is -0.965. The van der Waals surface area contributed by atoms with Gasteiger partial charge in [-0.15, -0.1) is 0 Å². The Kier molecular flexibility index (Phi) is 6.88. The van der Waals surface area contributed by atoms with Gasteiger partial charge in [0.05, 0.1) is 6.10 Å². The van der Waals surface area contributed by atoms with Crippen LogP contribution in [-0.4, -0.2) is 21.4 Å². The zero-order valence-electron chi connectivity index (χ0n) is 18.5. The van der Waals surface area contributed by atoms with Crippen LogP contribution in [0.2, 0.25) is 13.1 Å². The molecule has 0 fully saturated rings. The predicted molar refractivity (Wildman–Crippen MR) is 117 cm³/mol. The van der Waals surface area contributed by atoms with Crippen LogP contribution >= 0.6 is 0 Å². The largest absolute Gasteiger partial charge is 0.410 e. The zero-order chi connectivity index (χ0) is 21.3. The Morgan fingerprint density at radius 3 is 2.39 bits per heavy atom. The standard InChI is InChI=1S/C24H34FO2Si/c1-16-14-17(11-12-20(16)25)21-18(10-9-13-26)24(5,6)15-19(23(2,3)4)22(21)27-28(7)8/h9-14,19,22H,15H2,1-8H3. The van der Waals surface area contributed by atoms with Gasteiger partial charge in [-0.25, -0.2) is 4.39 Å². The first-order valence-electron chi connectivity index (χ1n) is 9.98. The molecule has 0 spiro atoms. The van der Waals surface area contributed by atoms with Gasteiger partial charge in [-0.05, 0) is 83.7 Å². The summed E-state index contributed by atoms with van der Waals surface area (Å²) in [4.78, 5) is 11.1. The molecule has 4 heteroatoms. The monoisotopic (exact) mass is 401 g/mol. The predicted octanol–water partition coefficient (Wildman–Crippen LogP) is 6.37. The second kappa shape index (κ2) is 8.46. The van der Waals surface area contributed by atoms with E-state index in [4.69, 9.17) is 4.43 Å². The van der Waals surface area contributed by atoms with Crippen molar-refractivity contribution in [2.24, 2.45) is 16.7 Å². The van der Waals surface area contributed by atoms with E-state index in [-0.39, 0.29) is 22.8 Å². The third kappa shape index (κ3) is 4.90. The second-order valence-corrected chi connectivity index (χ2v) is 11.8. The molecule has 1 radical (unpaired) electrons. The van der Waals surface area contributed by atoms with E-state index < -0.39 is 9.04 Å². The third-order valence-corrected chi connectivity index (χ3v) is 6.41. The van der Waals surface area contributed by atoms with Gasteiger partial charge in [0.2, 0.25) is 9.04 Å². The SMILES string of the molecule is Cc1cc(C2=C(C=CC=O)C(C)(C)CC(C(C)(C)C)C2O[Si](C)C)ccc1F. The molecule has 0 bridgehead atoms. The van der Waals surface area contributed by atoms with E-state index in [0.29, 0.717) is 11.5 Å². The lowest BCUT2D eigenvalue weighted by Crippen LogP contribution is -2.44. The van der Waals surface area contributed by atoms with Crippen LogP contribution in [0.1, 0.15) is 52.2 Å². The fourth-order valence-electron chi connectivity index (χ4n) is 4.22. The molecule has 0 saturated heterocycles. The molecule has 0 aromatic heterocycles. The Hall–Kier alpha value is -1.52. The van der Waals surface area contributed by atoms with Crippen LogP contribution in [0.25, 0.3) is 5.57 Å². The molecule has 1 aromatic carbocycles. The highest BCUT2D eigenvalue weighted by molar-refractivity contribution is 6.48. The van der Waals surface area contributed by atoms with Gasteiger partial charge in [-0.1, -0.05) is 46.8 Å². The zero-order valence-corrected chi connectivity index (χ0v) is 19.5. The van der Waals surface area contributed by atoms with Gasteiger partial charge < -0.3 is 4.43 Å². The Bertz CT molecular complexity index is 784. The van der Waals surface area contributed by atoms with Crippen LogP contribution < -0.4 is 0 Å². The Balaban J connectivity index is 2.83. The quantitative estimate of drug-likeness (QED) is 0.325. The van der Waals surface area contributed by atoms with Crippen molar-refractivity contribution in [1.82, 2.24) is 0 Å². The summed E-state index contributed by atoms with van der Waals surface area (Å²) in [6.07, 6.45) is 5.20. The first-order valence-corrected chi connectivity index (χ1v) is 12.4. The lowest BCUT2D eigenvalue weighted by atomic mass is 9.59. The maximum Gasteiger partial charge on any atom is 0.205 e. The average molecular weight is 402 g/mol. The summed E-state index contributed by atoms with van der Waals surface area (Å²) in [5.74, 6) is 0.112. The lowest BCUT2D eigenvalue weighted by Gasteiger charge is -2.49. The summed E-state index contributed by atoms with van der Waals surface area (Å²) in [6, 6.07) is 5.30. The topological polar surface area (TPSA) is 26.3 Å². The number of aldehydes is 1. The third-order valence-electron chi connectivity index (χ3n) is 5.68. The summed E-state index contributed by atoms with van der Waals surface area (Å²) in [6.45, 7) is 17.3. The molecule has 0 aliphatic heterocycles. The van der Waals surface area contributed by atoms with Gasteiger partial charge in [0.15, 0.2) is 0 Å². The van der Waals surface area contributed by atoms with Crippen LogP contribution in [0.3, 0.4) is 0 Å². The second-order valence-electron chi connectivity index (χ2n) is 9.79. The van der Waals surface area contributed by atoms with E-state index in [1.54, 1.807) is 13.0 Å². The highest BCUT2D eigenvalue weighted by Gasteiger charge is 2.46. The molecule has 0 saturated carbocycles. The van der Waals surface area contributed by atoms with E-state index in [2.05, 4.69) is 47.7 Å². The van der Waals surface area contributed by atoms with E-state index >= 15 is 0 Å². The molecule has 2 nitrogen and oxygen atoms in total. The van der Waals surface area contributed by atoms with E-state index in [1.165, 1.54) is 6.07 Å². The highest BCUT2D eigenvalue weighted by Crippen LogP contribution is 2.53. The molecular weight excluding hydrogens is 367 g/mol. The number of allylic oxidation sites excluding steroid dienone is 3. The Morgan fingerprint density at radius 2 is 1.89 bits per heavy atom. The number of hydrogen-bond acceptors (Lipinski definition) is 2. The summed E-state index contributed by atoms with van der Waals surface area (Å²) in [5, 5.41) is 0. The Labute approximate surface area is 171 Å². The van der Waals surface area contributed by atoms with Crippen LogP contribution in [0.5, 0.6) is 0 Å². The van der Waals surface area contributed by atoms with Crippen molar-refractivity contribution in [1.29, 1.82) is 0 Å². The minimum absolute atomic E-state index is 0.0550. The van der Waals surface area contributed by atoms with Crippen LogP contribution in [0.4, 0.5) is 4.39 Å². The number of benzene rings is 1. The molecule has 0 heterocycles. The van der Waals surface area contributed by atoms with E-state index in [0.717, 1.165) is 29.4 Å². The molecular formula is C24H34FO2Si. The fraction of sp³-hybridized carbons (Fsp3) is 0.542. The Morgan fingerprint density at radius 1 is 1.25 bits per heavy atom. The van der Waals surface area contributed by atoms with Crippen molar-refractivity contribution in [3.8, 4) is 0 Å². The van der Waals surface area contributed by atoms with Crippen molar-refractivity contribution in [3.05, 3.63) is 52.9 Å². The van der Waals surface area contributed by atoms with Crippen molar-refractivity contribution in [2.75, 3.05) is 0 Å². The van der Waals surface area contributed by atoms with Crippen LogP contribution in [-0.2, 0) is 9.22 Å². The number of halogens is 1. The molecule has 0 N–H and O–H groups in total. The van der Waals surface area contributed by atoms with Crippen LogP contribution in [0, 0.1) is 29.5 Å². The first-order chi connectivity index (χ1) is 12.9. The molecule has 153 valence electrons. The van der Waals surface area contributed by atoms with Crippen molar-refractivity contribution in [3.63, 3.8) is 0 Å². The van der Waals surface area contributed by atoms with E-state index in [1.807, 2.05) is 18.2 Å². The van der Waals surface area contributed by atoms with Gasteiger partial charge in [0, 0.05) is 0 Å². The normalized spacial score (nSPS) is 22.9. The summed E-state index contributed by atoms with van der Waals surface area (Å²) < 4.78 is 20.6. The number of carbonyl (C=O) groups excluding carboxylic acids is 1. The maximum absolute atomic E-state index is 14.0. The number of rotatable bonds is 5. The first kappa shape index (κ1) is 22.8. The summed E-state index contributed by atoms with van der Waals surface area (Å²) in [7, 11) is -0.965. The summed E-state index contributed by atoms with van der Waals surface area (Å²) >= 11 is 0. The number of carbonyl (C=O) groups is 1. The minimum Gasteiger partial charge on any atom is -0.410 e. The van der Waals surface area contributed by atoms with Gasteiger partial charge >= 0.3 is 0 Å². The summed E-state index contributed by atoms with van der Waals surface area (Å²) in [5.41, 5.74) is 3.75. The molecule has 2 atom stereocenters. The molecule has 2 unspecified atom stereocenters.